The van der Waals surface area contributed by atoms with Gasteiger partial charge < -0.3 is 4.74 Å². The van der Waals surface area contributed by atoms with Crippen molar-refractivity contribution in [3.05, 3.63) is 26.9 Å². The number of halogens is 1. The Morgan fingerprint density at radius 1 is 1.77 bits per heavy atom. The molecule has 0 aliphatic rings. The van der Waals surface area contributed by atoms with Crippen LogP contribution in [0.15, 0.2) is 21.3 Å². The van der Waals surface area contributed by atoms with Crippen LogP contribution in [0.2, 0.25) is 0 Å². The normalized spacial score (nSPS) is 10.6. The molecule has 1 aromatic rings. The van der Waals surface area contributed by atoms with Gasteiger partial charge in [-0.25, -0.2) is 4.79 Å². The summed E-state index contributed by atoms with van der Waals surface area (Å²) in [5.41, 5.74) is 0.998. The predicted octanol–water partition coefficient (Wildman–Crippen LogP) is 3.09. The lowest BCUT2D eigenvalue weighted by Crippen LogP contribution is -1.98. The van der Waals surface area contributed by atoms with E-state index < -0.39 is 0 Å². The fraction of sp³-hybridized carbons (Fsp3) is 0.222. The van der Waals surface area contributed by atoms with Gasteiger partial charge in [0.05, 0.1) is 10.4 Å². The highest BCUT2D eigenvalue weighted by molar-refractivity contribution is 9.11. The van der Waals surface area contributed by atoms with E-state index in [2.05, 4.69) is 15.9 Å². The second-order valence-electron chi connectivity index (χ2n) is 2.24. The molecule has 0 unspecified atom stereocenters. The highest BCUT2D eigenvalue weighted by Gasteiger charge is 1.98. The van der Waals surface area contributed by atoms with Crippen LogP contribution in [-0.4, -0.2) is 12.6 Å². The van der Waals surface area contributed by atoms with Crippen LogP contribution >= 0.6 is 27.3 Å². The van der Waals surface area contributed by atoms with Crippen LogP contribution in [0.1, 0.15) is 12.5 Å². The quantitative estimate of drug-likeness (QED) is 0.617. The van der Waals surface area contributed by atoms with Crippen molar-refractivity contribution in [1.82, 2.24) is 0 Å². The summed E-state index contributed by atoms with van der Waals surface area (Å²) in [6.07, 6.45) is 3.16. The van der Waals surface area contributed by atoms with Crippen LogP contribution in [-0.2, 0) is 9.53 Å². The van der Waals surface area contributed by atoms with E-state index in [0.717, 1.165) is 9.35 Å². The molecule has 0 saturated heterocycles. The van der Waals surface area contributed by atoms with E-state index in [-0.39, 0.29) is 5.97 Å². The van der Waals surface area contributed by atoms with E-state index >= 15 is 0 Å². The van der Waals surface area contributed by atoms with Crippen LogP contribution in [0.4, 0.5) is 0 Å². The zero-order chi connectivity index (χ0) is 9.68. The molecule has 2 nitrogen and oxygen atoms in total. The second-order valence-corrected chi connectivity index (χ2v) is 4.47. The second kappa shape index (κ2) is 5.19. The molecule has 0 saturated carbocycles. The van der Waals surface area contributed by atoms with Crippen LogP contribution < -0.4 is 0 Å². The monoisotopic (exact) mass is 260 g/mol. The molecular formula is C9H9BrO2S. The number of thiophene rings is 1. The van der Waals surface area contributed by atoms with Crippen LogP contribution in [0.5, 0.6) is 0 Å². The highest BCUT2D eigenvalue weighted by Crippen LogP contribution is 2.24. The number of hydrogen-bond acceptors (Lipinski definition) is 3. The Kier molecular flexibility index (Phi) is 4.18. The molecule has 13 heavy (non-hydrogen) atoms. The Hall–Kier alpha value is -0.610. The Bertz CT molecular complexity index is 317. The molecule has 0 N–H and O–H groups in total. The van der Waals surface area contributed by atoms with Crippen LogP contribution in [0.3, 0.4) is 0 Å². The summed E-state index contributed by atoms with van der Waals surface area (Å²) in [6, 6.07) is 1.93. The fourth-order valence-corrected chi connectivity index (χ4v) is 1.96. The lowest BCUT2D eigenvalue weighted by molar-refractivity contribution is -0.137. The molecule has 1 heterocycles. The maximum atomic E-state index is 10.9. The van der Waals surface area contributed by atoms with Crippen molar-refractivity contribution in [2.75, 3.05) is 6.61 Å². The zero-order valence-electron chi connectivity index (χ0n) is 7.12. The van der Waals surface area contributed by atoms with Gasteiger partial charge in [-0.05, 0) is 45.9 Å². The summed E-state index contributed by atoms with van der Waals surface area (Å²) in [7, 11) is 0. The van der Waals surface area contributed by atoms with Gasteiger partial charge in [-0.3, -0.25) is 0 Å². The summed E-state index contributed by atoms with van der Waals surface area (Å²) in [4.78, 5) is 10.9. The van der Waals surface area contributed by atoms with E-state index in [9.17, 15) is 4.79 Å². The third-order valence-corrected chi connectivity index (χ3v) is 3.07. The van der Waals surface area contributed by atoms with E-state index in [4.69, 9.17) is 4.74 Å². The van der Waals surface area contributed by atoms with Crippen molar-refractivity contribution in [3.63, 3.8) is 0 Å². The number of ether oxygens (including phenoxy) is 1. The molecule has 0 radical (unpaired) electrons. The van der Waals surface area contributed by atoms with Crippen LogP contribution in [0, 0.1) is 0 Å². The Balaban J connectivity index is 2.58. The summed E-state index contributed by atoms with van der Waals surface area (Å²) < 4.78 is 5.76. The van der Waals surface area contributed by atoms with Gasteiger partial charge in [0, 0.05) is 6.08 Å². The molecule has 0 fully saturated rings. The van der Waals surface area contributed by atoms with E-state index in [1.807, 2.05) is 11.4 Å². The van der Waals surface area contributed by atoms with Gasteiger partial charge in [-0.15, -0.1) is 11.3 Å². The number of carbonyl (C=O) groups excluding carboxylic acids is 1. The smallest absolute Gasteiger partial charge is 0.330 e. The maximum absolute atomic E-state index is 10.9. The van der Waals surface area contributed by atoms with Crippen molar-refractivity contribution in [2.45, 2.75) is 6.92 Å². The molecule has 0 amide bonds. The van der Waals surface area contributed by atoms with Gasteiger partial charge in [0.2, 0.25) is 0 Å². The van der Waals surface area contributed by atoms with E-state index in [0.29, 0.717) is 6.61 Å². The third kappa shape index (κ3) is 3.32. The molecule has 4 heteroatoms. The predicted molar refractivity (Wildman–Crippen MR) is 57.7 cm³/mol. The first-order valence-electron chi connectivity index (χ1n) is 3.82. The van der Waals surface area contributed by atoms with Gasteiger partial charge >= 0.3 is 5.97 Å². The maximum Gasteiger partial charge on any atom is 0.330 e. The highest BCUT2D eigenvalue weighted by atomic mass is 79.9. The lowest BCUT2D eigenvalue weighted by Gasteiger charge is -1.93. The van der Waals surface area contributed by atoms with Crippen molar-refractivity contribution in [2.24, 2.45) is 0 Å². The molecule has 0 aliphatic heterocycles. The van der Waals surface area contributed by atoms with Gasteiger partial charge in [0.15, 0.2) is 0 Å². The summed E-state index contributed by atoms with van der Waals surface area (Å²) >= 11 is 4.95. The van der Waals surface area contributed by atoms with Gasteiger partial charge in [0.1, 0.15) is 0 Å². The van der Waals surface area contributed by atoms with Gasteiger partial charge in [-0.1, -0.05) is 0 Å². The van der Waals surface area contributed by atoms with E-state index in [1.54, 1.807) is 24.3 Å². The van der Waals surface area contributed by atoms with E-state index in [1.165, 1.54) is 6.08 Å². The van der Waals surface area contributed by atoms with Crippen LogP contribution in [0.25, 0.3) is 6.08 Å². The number of rotatable bonds is 3. The first kappa shape index (κ1) is 10.5. The summed E-state index contributed by atoms with van der Waals surface area (Å²) in [5.74, 6) is -0.305. The fourth-order valence-electron chi connectivity index (χ4n) is 0.770. The zero-order valence-corrected chi connectivity index (χ0v) is 9.52. The number of carbonyl (C=O) groups is 1. The molecule has 0 aliphatic carbocycles. The minimum absolute atomic E-state index is 0.305. The lowest BCUT2D eigenvalue weighted by atomic mass is 10.3. The standard InChI is InChI=1S/C9H9BrO2S/c1-2-12-8(11)4-3-7-5-6-13-9(7)10/h3-6H,2H2,1H3. The molecule has 0 atom stereocenters. The average Bonchev–Trinajstić information content (AvgIpc) is 2.48. The summed E-state index contributed by atoms with van der Waals surface area (Å²) in [5, 5.41) is 1.95. The van der Waals surface area contributed by atoms with Crippen molar-refractivity contribution < 1.29 is 9.53 Å². The molecule has 0 bridgehead atoms. The molecule has 70 valence electrons. The van der Waals surface area contributed by atoms with Gasteiger partial charge in [-0.2, -0.15) is 0 Å². The molecule has 0 spiro atoms. The van der Waals surface area contributed by atoms with Crippen molar-refractivity contribution in [1.29, 1.82) is 0 Å². The number of hydrogen-bond donors (Lipinski definition) is 0. The first-order valence-corrected chi connectivity index (χ1v) is 5.49. The SMILES string of the molecule is CCOC(=O)C=Cc1ccsc1Br. The minimum atomic E-state index is -0.305. The Labute approximate surface area is 89.3 Å². The molecular weight excluding hydrogens is 252 g/mol. The molecule has 0 aromatic carbocycles. The molecule has 1 aromatic heterocycles. The number of esters is 1. The Morgan fingerprint density at radius 3 is 3.08 bits per heavy atom. The largest absolute Gasteiger partial charge is 0.463 e. The summed E-state index contributed by atoms with van der Waals surface area (Å²) in [6.45, 7) is 2.19. The topological polar surface area (TPSA) is 26.3 Å². The Morgan fingerprint density at radius 2 is 2.54 bits per heavy atom. The molecule has 1 rings (SSSR count). The van der Waals surface area contributed by atoms with Gasteiger partial charge in [0.25, 0.3) is 0 Å². The van der Waals surface area contributed by atoms with Crippen molar-refractivity contribution in [3.8, 4) is 0 Å². The minimum Gasteiger partial charge on any atom is -0.463 e. The first-order chi connectivity index (χ1) is 6.24. The average molecular weight is 261 g/mol. The van der Waals surface area contributed by atoms with Crippen molar-refractivity contribution >= 4 is 39.3 Å². The third-order valence-electron chi connectivity index (χ3n) is 1.33.